The van der Waals surface area contributed by atoms with Gasteiger partial charge >= 0.3 is 5.97 Å². The molecule has 0 aliphatic heterocycles. The van der Waals surface area contributed by atoms with Crippen LogP contribution in [0.25, 0.3) is 0 Å². The van der Waals surface area contributed by atoms with Crippen LogP contribution in [0.15, 0.2) is 28.7 Å². The molecule has 1 rings (SSSR count). The molecule has 3 nitrogen and oxygen atoms in total. The second-order valence-electron chi connectivity index (χ2n) is 5.07. The highest BCUT2D eigenvalue weighted by molar-refractivity contribution is 9.10. The van der Waals surface area contributed by atoms with Gasteiger partial charge in [-0.3, -0.25) is 4.79 Å². The summed E-state index contributed by atoms with van der Waals surface area (Å²) < 4.78 is 0.972. The van der Waals surface area contributed by atoms with E-state index in [0.717, 1.165) is 10.0 Å². The van der Waals surface area contributed by atoms with Crippen molar-refractivity contribution in [2.45, 2.75) is 19.9 Å². The Morgan fingerprint density at radius 1 is 1.33 bits per heavy atom. The zero-order valence-corrected chi connectivity index (χ0v) is 12.8. The molecule has 0 saturated heterocycles. The van der Waals surface area contributed by atoms with Gasteiger partial charge in [0.05, 0.1) is 5.92 Å². The quantitative estimate of drug-likeness (QED) is 0.905. The number of benzene rings is 1. The number of hydrogen-bond acceptors (Lipinski definition) is 2. The van der Waals surface area contributed by atoms with Gasteiger partial charge < -0.3 is 10.0 Å². The zero-order valence-electron chi connectivity index (χ0n) is 11.2. The molecule has 4 heteroatoms. The fourth-order valence-electron chi connectivity index (χ4n) is 2.30. The topological polar surface area (TPSA) is 40.5 Å². The van der Waals surface area contributed by atoms with Crippen molar-refractivity contribution in [3.8, 4) is 0 Å². The van der Waals surface area contributed by atoms with Gasteiger partial charge in [0.25, 0.3) is 0 Å². The van der Waals surface area contributed by atoms with Gasteiger partial charge in [-0.15, -0.1) is 0 Å². The zero-order chi connectivity index (χ0) is 13.9. The molecule has 0 bridgehead atoms. The van der Waals surface area contributed by atoms with Crippen LogP contribution in [0, 0.1) is 11.8 Å². The van der Waals surface area contributed by atoms with Crippen molar-refractivity contribution in [3.63, 3.8) is 0 Å². The molecule has 0 spiro atoms. The minimum absolute atomic E-state index is 0.0777. The Balaban J connectivity index is 3.20. The van der Waals surface area contributed by atoms with Gasteiger partial charge in [-0.25, -0.2) is 0 Å². The summed E-state index contributed by atoms with van der Waals surface area (Å²) in [7, 11) is 3.84. The summed E-state index contributed by atoms with van der Waals surface area (Å²) in [5, 5.41) is 9.46. The molecular formula is C14H20BrNO2. The summed E-state index contributed by atoms with van der Waals surface area (Å²) in [5.74, 6) is -1.09. The lowest BCUT2D eigenvalue weighted by atomic mass is 9.84. The van der Waals surface area contributed by atoms with Crippen molar-refractivity contribution in [2.75, 3.05) is 14.1 Å². The summed E-state index contributed by atoms with van der Waals surface area (Å²) >= 11 is 3.44. The Morgan fingerprint density at radius 2 is 1.94 bits per heavy atom. The highest BCUT2D eigenvalue weighted by atomic mass is 79.9. The summed E-state index contributed by atoms with van der Waals surface area (Å²) in [6, 6.07) is 7.73. The predicted octanol–water partition coefficient (Wildman–Crippen LogP) is 3.41. The first kappa shape index (κ1) is 15.2. The van der Waals surface area contributed by atoms with Crippen LogP contribution in [-0.4, -0.2) is 30.1 Å². The second-order valence-corrected chi connectivity index (χ2v) is 5.99. The van der Waals surface area contributed by atoms with E-state index >= 15 is 0 Å². The van der Waals surface area contributed by atoms with Crippen molar-refractivity contribution >= 4 is 21.9 Å². The number of carbonyl (C=O) groups is 1. The Bertz CT molecular complexity index is 418. The minimum atomic E-state index is -0.747. The van der Waals surface area contributed by atoms with Crippen molar-refractivity contribution in [3.05, 3.63) is 34.3 Å². The van der Waals surface area contributed by atoms with Crippen molar-refractivity contribution in [1.82, 2.24) is 4.90 Å². The average Bonchev–Trinajstić information content (AvgIpc) is 2.23. The first-order chi connectivity index (χ1) is 8.34. The van der Waals surface area contributed by atoms with Gasteiger partial charge in [-0.1, -0.05) is 41.9 Å². The molecule has 0 amide bonds. The van der Waals surface area contributed by atoms with Crippen LogP contribution in [0.4, 0.5) is 0 Å². The van der Waals surface area contributed by atoms with E-state index in [0.29, 0.717) is 0 Å². The molecule has 0 heterocycles. The Labute approximate surface area is 117 Å². The van der Waals surface area contributed by atoms with E-state index in [-0.39, 0.29) is 12.0 Å². The molecule has 100 valence electrons. The minimum Gasteiger partial charge on any atom is -0.481 e. The van der Waals surface area contributed by atoms with Crippen LogP contribution in [0.2, 0.25) is 0 Å². The lowest BCUT2D eigenvalue weighted by molar-refractivity contribution is -0.146. The van der Waals surface area contributed by atoms with Crippen LogP contribution >= 0.6 is 15.9 Å². The molecule has 1 N–H and O–H groups in total. The Hall–Kier alpha value is -0.870. The number of carboxylic acid groups (broad SMARTS) is 1. The third-order valence-electron chi connectivity index (χ3n) is 3.09. The third-order valence-corrected chi connectivity index (χ3v) is 3.58. The molecule has 0 radical (unpaired) electrons. The third kappa shape index (κ3) is 3.56. The predicted molar refractivity (Wildman–Crippen MR) is 76.5 cm³/mol. The largest absolute Gasteiger partial charge is 0.481 e. The van der Waals surface area contributed by atoms with Crippen LogP contribution in [-0.2, 0) is 4.79 Å². The maximum absolute atomic E-state index is 11.5. The molecule has 18 heavy (non-hydrogen) atoms. The fraction of sp³-hybridized carbons (Fsp3) is 0.500. The van der Waals surface area contributed by atoms with Crippen LogP contribution in [0.5, 0.6) is 0 Å². The second kappa shape index (κ2) is 6.34. The Morgan fingerprint density at radius 3 is 2.33 bits per heavy atom. The van der Waals surface area contributed by atoms with E-state index < -0.39 is 11.9 Å². The summed E-state index contributed by atoms with van der Waals surface area (Å²) in [5.41, 5.74) is 1.02. The van der Waals surface area contributed by atoms with Crippen molar-refractivity contribution in [1.29, 1.82) is 0 Å². The SMILES string of the molecule is CC(C)C(C(=O)O)C(c1cccc(Br)c1)N(C)C. The molecule has 1 aromatic carbocycles. The molecule has 0 aromatic heterocycles. The first-order valence-electron chi connectivity index (χ1n) is 5.99. The van der Waals surface area contributed by atoms with Gasteiger partial charge in [0, 0.05) is 10.5 Å². The molecule has 2 atom stereocenters. The fourth-order valence-corrected chi connectivity index (χ4v) is 2.72. The normalized spacial score (nSPS) is 14.8. The number of halogens is 1. The molecule has 0 aliphatic rings. The molecular weight excluding hydrogens is 294 g/mol. The lowest BCUT2D eigenvalue weighted by Crippen LogP contribution is -2.35. The van der Waals surface area contributed by atoms with Crippen LogP contribution in [0.3, 0.4) is 0 Å². The van der Waals surface area contributed by atoms with E-state index in [1.54, 1.807) is 0 Å². The smallest absolute Gasteiger partial charge is 0.308 e. The average molecular weight is 314 g/mol. The lowest BCUT2D eigenvalue weighted by Gasteiger charge is -2.32. The number of nitrogens with zero attached hydrogens (tertiary/aromatic N) is 1. The van der Waals surface area contributed by atoms with Crippen molar-refractivity contribution in [2.24, 2.45) is 11.8 Å². The van der Waals surface area contributed by atoms with E-state index in [1.807, 2.05) is 57.1 Å². The first-order valence-corrected chi connectivity index (χ1v) is 6.78. The Kier molecular flexibility index (Phi) is 5.35. The maximum Gasteiger partial charge on any atom is 0.308 e. The van der Waals surface area contributed by atoms with E-state index in [4.69, 9.17) is 0 Å². The number of carboxylic acids is 1. The van der Waals surface area contributed by atoms with Gasteiger partial charge in [0.2, 0.25) is 0 Å². The molecule has 1 aromatic rings. The number of aliphatic carboxylic acids is 1. The van der Waals surface area contributed by atoms with E-state index in [1.165, 1.54) is 0 Å². The van der Waals surface area contributed by atoms with Crippen LogP contribution in [0.1, 0.15) is 25.5 Å². The number of hydrogen-bond donors (Lipinski definition) is 1. The van der Waals surface area contributed by atoms with Crippen molar-refractivity contribution < 1.29 is 9.90 Å². The molecule has 0 fully saturated rings. The molecule has 2 unspecified atom stereocenters. The summed E-state index contributed by atoms with van der Waals surface area (Å²) in [4.78, 5) is 13.5. The summed E-state index contributed by atoms with van der Waals surface area (Å²) in [6.07, 6.45) is 0. The number of rotatable bonds is 5. The summed E-state index contributed by atoms with van der Waals surface area (Å²) in [6.45, 7) is 3.90. The van der Waals surface area contributed by atoms with Gasteiger partial charge in [0.1, 0.15) is 0 Å². The van der Waals surface area contributed by atoms with Crippen LogP contribution < -0.4 is 0 Å². The van der Waals surface area contributed by atoms with E-state index in [9.17, 15) is 9.90 Å². The standard InChI is InChI=1S/C14H20BrNO2/c1-9(2)12(14(17)18)13(16(3)4)10-6-5-7-11(15)8-10/h5-9,12-13H,1-4H3,(H,17,18). The van der Waals surface area contributed by atoms with Gasteiger partial charge in [-0.2, -0.15) is 0 Å². The van der Waals surface area contributed by atoms with E-state index in [2.05, 4.69) is 15.9 Å². The monoisotopic (exact) mass is 313 g/mol. The highest BCUT2D eigenvalue weighted by Gasteiger charge is 2.33. The maximum atomic E-state index is 11.5. The molecule has 0 saturated carbocycles. The van der Waals surface area contributed by atoms with Gasteiger partial charge in [-0.05, 0) is 37.7 Å². The molecule has 0 aliphatic carbocycles. The highest BCUT2D eigenvalue weighted by Crippen LogP contribution is 2.33. The van der Waals surface area contributed by atoms with Gasteiger partial charge in [0.15, 0.2) is 0 Å².